The molecule has 1 heterocycles. The molecule has 0 bridgehead atoms. The van der Waals surface area contributed by atoms with Crippen molar-refractivity contribution in [2.24, 2.45) is 0 Å². The van der Waals surface area contributed by atoms with Crippen molar-refractivity contribution in [1.82, 2.24) is 10.2 Å². The SMILES string of the molecule is CC(NCC(O)c1cccc(Br)c1)C(=O)N1CCCCC1. The fraction of sp³-hybridized carbons (Fsp3) is 0.562. The van der Waals surface area contributed by atoms with Crippen molar-refractivity contribution in [2.45, 2.75) is 38.3 Å². The molecule has 1 amide bonds. The average Bonchev–Trinajstić information content (AvgIpc) is 2.52. The quantitative estimate of drug-likeness (QED) is 0.853. The van der Waals surface area contributed by atoms with Crippen molar-refractivity contribution in [2.75, 3.05) is 19.6 Å². The largest absolute Gasteiger partial charge is 0.387 e. The maximum absolute atomic E-state index is 12.3. The third-order valence-electron chi connectivity index (χ3n) is 3.89. The standard InChI is InChI=1S/C16H23BrN2O2/c1-12(16(21)19-8-3-2-4-9-19)18-11-15(20)13-6-5-7-14(17)10-13/h5-7,10,12,15,18,20H,2-4,8-9,11H2,1H3. The van der Waals surface area contributed by atoms with E-state index in [-0.39, 0.29) is 11.9 Å². The Morgan fingerprint density at radius 1 is 1.38 bits per heavy atom. The first kappa shape index (κ1) is 16.5. The fourth-order valence-electron chi connectivity index (χ4n) is 2.60. The Morgan fingerprint density at radius 3 is 2.76 bits per heavy atom. The number of aliphatic hydroxyl groups is 1. The lowest BCUT2D eigenvalue weighted by atomic mass is 10.1. The number of hydrogen-bond donors (Lipinski definition) is 2. The lowest BCUT2D eigenvalue weighted by molar-refractivity contribution is -0.134. The number of halogens is 1. The van der Waals surface area contributed by atoms with Gasteiger partial charge in [-0.1, -0.05) is 28.1 Å². The molecule has 116 valence electrons. The summed E-state index contributed by atoms with van der Waals surface area (Å²) in [6.45, 7) is 3.96. The number of amides is 1. The minimum absolute atomic E-state index is 0.135. The van der Waals surface area contributed by atoms with E-state index < -0.39 is 6.10 Å². The Labute approximate surface area is 134 Å². The summed E-state index contributed by atoms with van der Waals surface area (Å²) in [7, 11) is 0. The normalized spacial score (nSPS) is 18.3. The number of likely N-dealkylation sites (tertiary alicyclic amines) is 1. The maximum Gasteiger partial charge on any atom is 0.239 e. The van der Waals surface area contributed by atoms with Crippen LogP contribution >= 0.6 is 15.9 Å². The summed E-state index contributed by atoms with van der Waals surface area (Å²) in [6, 6.07) is 7.33. The van der Waals surface area contributed by atoms with E-state index in [1.807, 2.05) is 36.1 Å². The first-order valence-corrected chi connectivity index (χ1v) is 8.33. The predicted molar refractivity (Wildman–Crippen MR) is 87.0 cm³/mol. The van der Waals surface area contributed by atoms with Crippen LogP contribution in [0.2, 0.25) is 0 Å². The second-order valence-electron chi connectivity index (χ2n) is 5.59. The zero-order chi connectivity index (χ0) is 15.2. The molecule has 2 rings (SSSR count). The topological polar surface area (TPSA) is 52.6 Å². The number of piperidine rings is 1. The van der Waals surface area contributed by atoms with E-state index in [1.54, 1.807) is 0 Å². The Bertz CT molecular complexity index is 475. The average molecular weight is 355 g/mol. The number of benzene rings is 1. The third kappa shape index (κ3) is 4.80. The van der Waals surface area contributed by atoms with E-state index in [0.29, 0.717) is 6.54 Å². The highest BCUT2D eigenvalue weighted by Crippen LogP contribution is 2.18. The maximum atomic E-state index is 12.3. The Balaban J connectivity index is 1.82. The molecule has 2 atom stereocenters. The Kier molecular flexibility index (Phi) is 6.21. The monoisotopic (exact) mass is 354 g/mol. The number of hydrogen-bond acceptors (Lipinski definition) is 3. The lowest BCUT2D eigenvalue weighted by Gasteiger charge is -2.29. The summed E-state index contributed by atoms with van der Waals surface area (Å²) in [5, 5.41) is 13.3. The molecular formula is C16H23BrN2O2. The molecule has 4 nitrogen and oxygen atoms in total. The van der Waals surface area contributed by atoms with Gasteiger partial charge < -0.3 is 15.3 Å². The lowest BCUT2D eigenvalue weighted by Crippen LogP contribution is -2.47. The van der Waals surface area contributed by atoms with Gasteiger partial charge in [0.15, 0.2) is 0 Å². The van der Waals surface area contributed by atoms with Crippen molar-refractivity contribution in [3.63, 3.8) is 0 Å². The molecule has 5 heteroatoms. The molecule has 0 saturated carbocycles. The highest BCUT2D eigenvalue weighted by Gasteiger charge is 2.22. The van der Waals surface area contributed by atoms with E-state index in [2.05, 4.69) is 21.2 Å². The van der Waals surface area contributed by atoms with Gasteiger partial charge in [-0.05, 0) is 43.9 Å². The second-order valence-corrected chi connectivity index (χ2v) is 6.50. The summed E-state index contributed by atoms with van der Waals surface area (Å²) >= 11 is 3.39. The number of carbonyl (C=O) groups excluding carboxylic acids is 1. The van der Waals surface area contributed by atoms with Gasteiger partial charge in [0, 0.05) is 24.1 Å². The van der Waals surface area contributed by atoms with Gasteiger partial charge in [0.2, 0.25) is 5.91 Å². The molecule has 1 aliphatic heterocycles. The van der Waals surface area contributed by atoms with Crippen molar-refractivity contribution in [1.29, 1.82) is 0 Å². The Hall–Kier alpha value is -0.910. The highest BCUT2D eigenvalue weighted by molar-refractivity contribution is 9.10. The van der Waals surface area contributed by atoms with Crippen LogP contribution in [-0.4, -0.2) is 41.6 Å². The van der Waals surface area contributed by atoms with E-state index in [1.165, 1.54) is 6.42 Å². The van der Waals surface area contributed by atoms with Crippen LogP contribution in [0.4, 0.5) is 0 Å². The van der Waals surface area contributed by atoms with Crippen LogP contribution in [0.25, 0.3) is 0 Å². The van der Waals surface area contributed by atoms with Crippen molar-refractivity contribution in [3.8, 4) is 0 Å². The van der Waals surface area contributed by atoms with Gasteiger partial charge in [0.25, 0.3) is 0 Å². The third-order valence-corrected chi connectivity index (χ3v) is 4.38. The zero-order valence-corrected chi connectivity index (χ0v) is 14.0. The van der Waals surface area contributed by atoms with Gasteiger partial charge in [-0.15, -0.1) is 0 Å². The van der Waals surface area contributed by atoms with E-state index in [4.69, 9.17) is 0 Å². The fourth-order valence-corrected chi connectivity index (χ4v) is 3.01. The number of carbonyl (C=O) groups is 1. The van der Waals surface area contributed by atoms with Crippen LogP contribution < -0.4 is 5.32 Å². The first-order chi connectivity index (χ1) is 10.1. The molecule has 2 N–H and O–H groups in total. The van der Waals surface area contributed by atoms with Gasteiger partial charge in [-0.25, -0.2) is 0 Å². The molecule has 0 spiro atoms. The van der Waals surface area contributed by atoms with Crippen LogP contribution in [0, 0.1) is 0 Å². The van der Waals surface area contributed by atoms with Crippen LogP contribution in [-0.2, 0) is 4.79 Å². The summed E-state index contributed by atoms with van der Waals surface area (Å²) in [6.07, 6.45) is 2.80. The van der Waals surface area contributed by atoms with Crippen LogP contribution in [0.1, 0.15) is 37.9 Å². The van der Waals surface area contributed by atoms with Crippen molar-refractivity contribution in [3.05, 3.63) is 34.3 Å². The molecule has 21 heavy (non-hydrogen) atoms. The van der Waals surface area contributed by atoms with Gasteiger partial charge in [-0.3, -0.25) is 4.79 Å². The molecule has 1 aromatic rings. The molecule has 1 aromatic carbocycles. The Morgan fingerprint density at radius 2 is 2.10 bits per heavy atom. The highest BCUT2D eigenvalue weighted by atomic mass is 79.9. The number of nitrogens with one attached hydrogen (secondary N) is 1. The predicted octanol–water partition coefficient (Wildman–Crippen LogP) is 2.47. The van der Waals surface area contributed by atoms with Crippen LogP contribution in [0.3, 0.4) is 0 Å². The molecule has 0 aliphatic carbocycles. The van der Waals surface area contributed by atoms with Gasteiger partial charge in [0.1, 0.15) is 0 Å². The summed E-state index contributed by atoms with van der Waals surface area (Å²) < 4.78 is 0.941. The second kappa shape index (κ2) is 7.92. The molecular weight excluding hydrogens is 332 g/mol. The van der Waals surface area contributed by atoms with Crippen LogP contribution in [0.5, 0.6) is 0 Å². The molecule has 1 aliphatic rings. The number of aliphatic hydroxyl groups excluding tert-OH is 1. The van der Waals surface area contributed by atoms with Gasteiger partial charge in [-0.2, -0.15) is 0 Å². The van der Waals surface area contributed by atoms with Crippen LogP contribution in [0.15, 0.2) is 28.7 Å². The number of nitrogens with zero attached hydrogens (tertiary/aromatic N) is 1. The molecule has 1 saturated heterocycles. The number of rotatable bonds is 5. The van der Waals surface area contributed by atoms with E-state index in [0.717, 1.165) is 36.0 Å². The molecule has 0 aromatic heterocycles. The summed E-state index contributed by atoms with van der Waals surface area (Å²) in [5.41, 5.74) is 0.842. The summed E-state index contributed by atoms with van der Waals surface area (Å²) in [4.78, 5) is 14.2. The first-order valence-electron chi connectivity index (χ1n) is 7.53. The smallest absolute Gasteiger partial charge is 0.239 e. The molecule has 0 radical (unpaired) electrons. The molecule has 2 unspecified atom stereocenters. The van der Waals surface area contributed by atoms with Crippen molar-refractivity contribution >= 4 is 21.8 Å². The van der Waals surface area contributed by atoms with Gasteiger partial charge >= 0.3 is 0 Å². The minimum atomic E-state index is -0.612. The van der Waals surface area contributed by atoms with E-state index in [9.17, 15) is 9.90 Å². The molecule has 1 fully saturated rings. The zero-order valence-electron chi connectivity index (χ0n) is 12.4. The van der Waals surface area contributed by atoms with Crippen molar-refractivity contribution < 1.29 is 9.90 Å². The summed E-state index contributed by atoms with van der Waals surface area (Å²) in [5.74, 6) is 0.135. The van der Waals surface area contributed by atoms with Gasteiger partial charge in [0.05, 0.1) is 12.1 Å². The minimum Gasteiger partial charge on any atom is -0.387 e. The van der Waals surface area contributed by atoms with E-state index >= 15 is 0 Å².